The molecule has 0 N–H and O–H groups in total. The molecule has 0 bridgehead atoms. The summed E-state index contributed by atoms with van der Waals surface area (Å²) in [6, 6.07) is 61.4. The summed E-state index contributed by atoms with van der Waals surface area (Å²) in [5, 5.41) is 2.45. The van der Waals surface area contributed by atoms with E-state index in [2.05, 4.69) is 194 Å². The molecule has 0 aromatic heterocycles. The monoisotopic (exact) mass is 578 g/mol. The zero-order valence-corrected chi connectivity index (χ0v) is 25.6. The average Bonchev–Trinajstić information content (AvgIpc) is 3.10. The van der Waals surface area contributed by atoms with Gasteiger partial charge in [0.05, 0.1) is 17.1 Å². The van der Waals surface area contributed by atoms with Crippen LogP contribution in [0, 0.1) is 0 Å². The van der Waals surface area contributed by atoms with Crippen LogP contribution in [0.25, 0.3) is 21.9 Å². The highest BCUT2D eigenvalue weighted by atomic mass is 15.2. The molecule has 0 radical (unpaired) electrons. The van der Waals surface area contributed by atoms with Gasteiger partial charge in [-0.15, -0.1) is 0 Å². The number of benzene rings is 7. The Hall–Kier alpha value is -5.60. The predicted molar refractivity (Wildman–Crippen MR) is 191 cm³/mol. The maximum atomic E-state index is 2.43. The first-order valence-corrected chi connectivity index (χ1v) is 15.6. The molecule has 0 amide bonds. The van der Waals surface area contributed by atoms with Crippen molar-refractivity contribution < 1.29 is 0 Å². The highest BCUT2D eigenvalue weighted by Gasteiger charge is 2.36. The Morgan fingerprint density at radius 3 is 1.93 bits per heavy atom. The molecule has 7 aromatic rings. The van der Waals surface area contributed by atoms with Gasteiger partial charge in [-0.1, -0.05) is 129 Å². The molecule has 0 unspecified atom stereocenters. The van der Waals surface area contributed by atoms with Gasteiger partial charge in [-0.05, 0) is 82.2 Å². The van der Waals surface area contributed by atoms with Crippen molar-refractivity contribution in [2.24, 2.45) is 0 Å². The Morgan fingerprint density at radius 1 is 0.467 bits per heavy atom. The number of fused-ring (bicyclic) bond motifs is 3. The van der Waals surface area contributed by atoms with Gasteiger partial charge in [0.15, 0.2) is 0 Å². The van der Waals surface area contributed by atoms with Gasteiger partial charge in [0.2, 0.25) is 0 Å². The third-order valence-electron chi connectivity index (χ3n) is 9.20. The van der Waals surface area contributed by atoms with Crippen molar-refractivity contribution in [1.29, 1.82) is 0 Å². The molecule has 8 rings (SSSR count). The van der Waals surface area contributed by atoms with Crippen LogP contribution in [0.4, 0.5) is 34.1 Å². The van der Waals surface area contributed by atoms with Crippen molar-refractivity contribution in [1.82, 2.24) is 0 Å². The second-order valence-electron chi connectivity index (χ2n) is 12.3. The van der Waals surface area contributed by atoms with E-state index in [0.717, 1.165) is 17.1 Å². The molecule has 0 saturated carbocycles. The SMILES string of the molecule is CC1(C)c2ccccc2N(c2ccccc2)c2cc(-c3cccc(N(c4ccccc4)c4cccc5ccccc45)c3)ccc21. The van der Waals surface area contributed by atoms with Crippen LogP contribution in [0.5, 0.6) is 0 Å². The molecular formula is C43H34N2. The molecular weight excluding hydrogens is 544 g/mol. The van der Waals surface area contributed by atoms with E-state index in [-0.39, 0.29) is 5.41 Å². The van der Waals surface area contributed by atoms with Crippen LogP contribution < -0.4 is 9.80 Å². The highest BCUT2D eigenvalue weighted by molar-refractivity contribution is 5.99. The molecule has 2 heteroatoms. The third-order valence-corrected chi connectivity index (χ3v) is 9.20. The van der Waals surface area contributed by atoms with Crippen LogP contribution in [0.1, 0.15) is 25.0 Å². The summed E-state index contributed by atoms with van der Waals surface area (Å²) in [5.41, 5.74) is 11.9. The number of hydrogen-bond donors (Lipinski definition) is 0. The summed E-state index contributed by atoms with van der Waals surface area (Å²) in [4.78, 5) is 4.80. The summed E-state index contributed by atoms with van der Waals surface area (Å²) in [5.74, 6) is 0. The first kappa shape index (κ1) is 27.0. The Labute approximate surface area is 265 Å². The van der Waals surface area contributed by atoms with E-state index in [9.17, 15) is 0 Å². The standard InChI is InChI=1S/C43H34N2/c1-43(2)38-24-11-12-25-41(38)45(35-20-7-4-8-21-35)42-30-33(27-28-39(42)43)32-17-13-22-36(29-32)44(34-18-5-3-6-19-34)40-26-14-16-31-15-9-10-23-37(31)40/h3-30H,1-2H3. The Morgan fingerprint density at radius 2 is 1.09 bits per heavy atom. The van der Waals surface area contributed by atoms with Crippen molar-refractivity contribution in [2.45, 2.75) is 19.3 Å². The summed E-state index contributed by atoms with van der Waals surface area (Å²) >= 11 is 0. The Bertz CT molecular complexity index is 2140. The van der Waals surface area contributed by atoms with Crippen molar-refractivity contribution in [3.63, 3.8) is 0 Å². The van der Waals surface area contributed by atoms with Gasteiger partial charge in [0, 0.05) is 27.9 Å². The first-order chi connectivity index (χ1) is 22.1. The van der Waals surface area contributed by atoms with Crippen LogP contribution in [0.15, 0.2) is 170 Å². The molecule has 216 valence electrons. The smallest absolute Gasteiger partial charge is 0.0540 e. The minimum Gasteiger partial charge on any atom is -0.310 e. The van der Waals surface area contributed by atoms with E-state index in [0.29, 0.717) is 0 Å². The second kappa shape index (κ2) is 10.8. The summed E-state index contributed by atoms with van der Waals surface area (Å²) in [6.45, 7) is 4.68. The van der Waals surface area contributed by atoms with Gasteiger partial charge in [0.25, 0.3) is 0 Å². The lowest BCUT2D eigenvalue weighted by molar-refractivity contribution is 0.632. The van der Waals surface area contributed by atoms with Gasteiger partial charge in [0.1, 0.15) is 0 Å². The molecule has 1 heterocycles. The predicted octanol–water partition coefficient (Wildman–Crippen LogP) is 12.1. The first-order valence-electron chi connectivity index (χ1n) is 15.6. The third kappa shape index (κ3) is 4.58. The number of nitrogens with zero attached hydrogens (tertiary/aromatic N) is 2. The second-order valence-corrected chi connectivity index (χ2v) is 12.3. The molecule has 2 nitrogen and oxygen atoms in total. The van der Waals surface area contributed by atoms with Crippen molar-refractivity contribution in [3.8, 4) is 11.1 Å². The van der Waals surface area contributed by atoms with Crippen molar-refractivity contribution in [3.05, 3.63) is 181 Å². The fraction of sp³-hybridized carbons (Fsp3) is 0.0698. The molecule has 0 fully saturated rings. The van der Waals surface area contributed by atoms with E-state index in [1.54, 1.807) is 0 Å². The molecule has 7 aromatic carbocycles. The topological polar surface area (TPSA) is 6.48 Å². The van der Waals surface area contributed by atoms with Crippen LogP contribution >= 0.6 is 0 Å². The van der Waals surface area contributed by atoms with Crippen molar-refractivity contribution in [2.75, 3.05) is 9.80 Å². The zero-order chi connectivity index (χ0) is 30.4. The van der Waals surface area contributed by atoms with E-state index < -0.39 is 0 Å². The summed E-state index contributed by atoms with van der Waals surface area (Å²) in [7, 11) is 0. The van der Waals surface area contributed by atoms with Crippen LogP contribution in [-0.4, -0.2) is 0 Å². The van der Waals surface area contributed by atoms with E-state index >= 15 is 0 Å². The minimum absolute atomic E-state index is 0.129. The maximum absolute atomic E-state index is 2.43. The van der Waals surface area contributed by atoms with Crippen LogP contribution in [0.2, 0.25) is 0 Å². The molecule has 1 aliphatic rings. The van der Waals surface area contributed by atoms with Gasteiger partial charge >= 0.3 is 0 Å². The van der Waals surface area contributed by atoms with Gasteiger partial charge in [-0.2, -0.15) is 0 Å². The Balaban J connectivity index is 1.30. The average molecular weight is 579 g/mol. The Kier molecular flexibility index (Phi) is 6.50. The van der Waals surface area contributed by atoms with Crippen LogP contribution in [0.3, 0.4) is 0 Å². The number of anilines is 6. The quantitative estimate of drug-likeness (QED) is 0.200. The fourth-order valence-corrected chi connectivity index (χ4v) is 6.98. The molecule has 1 aliphatic heterocycles. The lowest BCUT2D eigenvalue weighted by atomic mass is 9.73. The lowest BCUT2D eigenvalue weighted by Gasteiger charge is -2.42. The largest absolute Gasteiger partial charge is 0.310 e. The highest BCUT2D eigenvalue weighted by Crippen LogP contribution is 2.52. The molecule has 0 aliphatic carbocycles. The lowest BCUT2D eigenvalue weighted by Crippen LogP contribution is -2.30. The summed E-state index contributed by atoms with van der Waals surface area (Å²) < 4.78 is 0. The van der Waals surface area contributed by atoms with E-state index in [4.69, 9.17) is 0 Å². The van der Waals surface area contributed by atoms with Gasteiger partial charge < -0.3 is 9.80 Å². The van der Waals surface area contributed by atoms with E-state index in [1.165, 1.54) is 50.1 Å². The van der Waals surface area contributed by atoms with E-state index in [1.807, 2.05) is 0 Å². The number of para-hydroxylation sites is 3. The summed E-state index contributed by atoms with van der Waals surface area (Å²) in [6.07, 6.45) is 0. The molecule has 0 saturated heterocycles. The minimum atomic E-state index is -0.129. The number of hydrogen-bond acceptors (Lipinski definition) is 2. The number of rotatable bonds is 5. The zero-order valence-electron chi connectivity index (χ0n) is 25.6. The van der Waals surface area contributed by atoms with Gasteiger partial charge in [-0.3, -0.25) is 0 Å². The molecule has 0 atom stereocenters. The van der Waals surface area contributed by atoms with Crippen molar-refractivity contribution >= 4 is 44.9 Å². The molecule has 45 heavy (non-hydrogen) atoms. The van der Waals surface area contributed by atoms with Crippen LogP contribution in [-0.2, 0) is 5.41 Å². The molecule has 0 spiro atoms. The normalized spacial score (nSPS) is 13.2. The maximum Gasteiger partial charge on any atom is 0.0540 e. The van der Waals surface area contributed by atoms with Gasteiger partial charge in [-0.25, -0.2) is 0 Å². The fourth-order valence-electron chi connectivity index (χ4n) is 6.98.